The summed E-state index contributed by atoms with van der Waals surface area (Å²) in [5, 5.41) is 0.585. The predicted molar refractivity (Wildman–Crippen MR) is 79.0 cm³/mol. The number of H-pyrrole nitrogens is 1. The fourth-order valence-electron chi connectivity index (χ4n) is 1.80. The lowest BCUT2D eigenvalue weighted by Crippen LogP contribution is -1.94. The summed E-state index contributed by atoms with van der Waals surface area (Å²) in [5.41, 5.74) is 2.56. The van der Waals surface area contributed by atoms with Gasteiger partial charge in [-0.05, 0) is 42.5 Å². The SMILES string of the molecule is S=c1[nH]c2cc(Cl)cnc2n1-c1ccc(Br)cc1. The molecule has 3 nitrogen and oxygen atoms in total. The van der Waals surface area contributed by atoms with Gasteiger partial charge in [-0.25, -0.2) is 4.98 Å². The molecule has 0 aliphatic heterocycles. The lowest BCUT2D eigenvalue weighted by molar-refractivity contribution is 1.04. The molecule has 2 heterocycles. The molecular weight excluding hydrogens is 334 g/mol. The fourth-order valence-corrected chi connectivity index (χ4v) is 2.52. The van der Waals surface area contributed by atoms with E-state index in [2.05, 4.69) is 25.9 Å². The first-order valence-electron chi connectivity index (χ1n) is 5.17. The lowest BCUT2D eigenvalue weighted by atomic mass is 10.3. The molecule has 0 saturated heterocycles. The van der Waals surface area contributed by atoms with Crippen LogP contribution in [0, 0.1) is 4.77 Å². The first kappa shape index (κ1) is 11.9. The Bertz CT molecular complexity index is 776. The van der Waals surface area contributed by atoms with E-state index >= 15 is 0 Å². The molecule has 18 heavy (non-hydrogen) atoms. The first-order valence-corrected chi connectivity index (χ1v) is 6.75. The summed E-state index contributed by atoms with van der Waals surface area (Å²) < 4.78 is 3.50. The van der Waals surface area contributed by atoms with Crippen molar-refractivity contribution in [1.29, 1.82) is 0 Å². The van der Waals surface area contributed by atoms with Crippen molar-refractivity contribution in [1.82, 2.24) is 14.5 Å². The molecule has 1 N–H and O–H groups in total. The largest absolute Gasteiger partial charge is 0.329 e. The first-order chi connectivity index (χ1) is 8.65. The van der Waals surface area contributed by atoms with Crippen LogP contribution in [0.4, 0.5) is 0 Å². The normalized spacial score (nSPS) is 11.0. The van der Waals surface area contributed by atoms with Crippen molar-refractivity contribution in [3.63, 3.8) is 0 Å². The van der Waals surface area contributed by atoms with Crippen LogP contribution in [0.5, 0.6) is 0 Å². The number of benzene rings is 1. The van der Waals surface area contributed by atoms with Crippen molar-refractivity contribution in [3.8, 4) is 5.69 Å². The Hall–Kier alpha value is -1.17. The van der Waals surface area contributed by atoms with E-state index in [0.29, 0.717) is 9.79 Å². The van der Waals surface area contributed by atoms with Crippen LogP contribution in [-0.2, 0) is 0 Å². The summed E-state index contributed by atoms with van der Waals surface area (Å²) in [5.74, 6) is 0. The number of hydrogen-bond acceptors (Lipinski definition) is 2. The van der Waals surface area contributed by atoms with Crippen LogP contribution in [0.1, 0.15) is 0 Å². The standard InChI is InChI=1S/C12H7BrClN3S/c13-7-1-3-9(4-2-7)17-11-10(16-12(17)18)5-8(14)6-15-11/h1-6H,(H,16,18). The number of halogens is 2. The molecule has 0 aliphatic carbocycles. The highest BCUT2D eigenvalue weighted by atomic mass is 79.9. The predicted octanol–water partition coefficient (Wildman–Crippen LogP) is 4.50. The van der Waals surface area contributed by atoms with Crippen molar-refractivity contribution in [2.24, 2.45) is 0 Å². The number of nitrogens with one attached hydrogen (secondary N) is 1. The second-order valence-electron chi connectivity index (χ2n) is 3.77. The third kappa shape index (κ3) is 1.98. The fraction of sp³-hybridized carbons (Fsp3) is 0. The Balaban J connectivity index is 2.32. The minimum Gasteiger partial charge on any atom is -0.329 e. The molecule has 0 bridgehead atoms. The van der Waals surface area contributed by atoms with Gasteiger partial charge in [-0.1, -0.05) is 27.5 Å². The maximum atomic E-state index is 5.92. The molecule has 0 saturated carbocycles. The summed E-state index contributed by atoms with van der Waals surface area (Å²) >= 11 is 14.6. The molecule has 6 heteroatoms. The molecule has 0 spiro atoms. The number of fused-ring (bicyclic) bond motifs is 1. The van der Waals surface area contributed by atoms with Crippen molar-refractivity contribution < 1.29 is 0 Å². The van der Waals surface area contributed by atoms with E-state index in [4.69, 9.17) is 23.8 Å². The number of aromatic nitrogens is 3. The zero-order valence-electron chi connectivity index (χ0n) is 9.02. The summed E-state index contributed by atoms with van der Waals surface area (Å²) in [7, 11) is 0. The lowest BCUT2D eigenvalue weighted by Gasteiger charge is -2.03. The van der Waals surface area contributed by atoms with Gasteiger partial charge in [0.15, 0.2) is 10.4 Å². The van der Waals surface area contributed by atoms with Crippen molar-refractivity contribution >= 4 is 50.9 Å². The molecule has 3 aromatic rings. The van der Waals surface area contributed by atoms with Gasteiger partial charge in [0.25, 0.3) is 0 Å². The molecule has 0 atom stereocenters. The van der Waals surface area contributed by atoms with Crippen molar-refractivity contribution in [2.45, 2.75) is 0 Å². The van der Waals surface area contributed by atoms with Gasteiger partial charge in [0.05, 0.1) is 10.5 Å². The molecule has 0 amide bonds. The Labute approximate surface area is 122 Å². The molecule has 90 valence electrons. The van der Waals surface area contributed by atoms with Crippen LogP contribution < -0.4 is 0 Å². The maximum Gasteiger partial charge on any atom is 0.183 e. The molecule has 0 aliphatic rings. The van der Waals surface area contributed by atoms with E-state index in [1.54, 1.807) is 6.20 Å². The van der Waals surface area contributed by atoms with Gasteiger partial charge in [0.2, 0.25) is 0 Å². The highest BCUT2D eigenvalue weighted by Gasteiger charge is 2.08. The third-order valence-corrected chi connectivity index (χ3v) is 3.59. The molecule has 0 unspecified atom stereocenters. The van der Waals surface area contributed by atoms with Gasteiger partial charge in [0.1, 0.15) is 0 Å². The van der Waals surface area contributed by atoms with Gasteiger partial charge in [0, 0.05) is 16.4 Å². The van der Waals surface area contributed by atoms with E-state index in [-0.39, 0.29) is 0 Å². The van der Waals surface area contributed by atoms with Crippen LogP contribution in [0.3, 0.4) is 0 Å². The van der Waals surface area contributed by atoms with Gasteiger partial charge < -0.3 is 4.98 Å². The number of rotatable bonds is 1. The van der Waals surface area contributed by atoms with Crippen LogP contribution in [0.25, 0.3) is 16.9 Å². The maximum absolute atomic E-state index is 5.92. The van der Waals surface area contributed by atoms with Crippen molar-refractivity contribution in [3.05, 3.63) is 50.8 Å². The van der Waals surface area contributed by atoms with Gasteiger partial charge in [-0.15, -0.1) is 0 Å². The average molecular weight is 341 g/mol. The topological polar surface area (TPSA) is 33.6 Å². The molecule has 0 radical (unpaired) electrons. The van der Waals surface area contributed by atoms with Crippen LogP contribution in [0.15, 0.2) is 41.0 Å². The zero-order chi connectivity index (χ0) is 12.7. The molecule has 0 fully saturated rings. The average Bonchev–Trinajstić information content (AvgIpc) is 2.65. The van der Waals surface area contributed by atoms with E-state index in [1.165, 1.54) is 0 Å². The van der Waals surface area contributed by atoms with E-state index in [0.717, 1.165) is 21.3 Å². The minimum atomic E-state index is 0.585. The number of hydrogen-bond donors (Lipinski definition) is 1. The van der Waals surface area contributed by atoms with E-state index < -0.39 is 0 Å². The second kappa shape index (κ2) is 4.50. The van der Waals surface area contributed by atoms with Crippen LogP contribution in [0.2, 0.25) is 5.02 Å². The number of nitrogens with zero attached hydrogens (tertiary/aromatic N) is 2. The van der Waals surface area contributed by atoms with Crippen molar-refractivity contribution in [2.75, 3.05) is 0 Å². The Morgan fingerprint density at radius 2 is 2.00 bits per heavy atom. The summed E-state index contributed by atoms with van der Waals surface area (Å²) in [6, 6.07) is 9.69. The quantitative estimate of drug-likeness (QED) is 0.662. The summed E-state index contributed by atoms with van der Waals surface area (Å²) in [6.45, 7) is 0. The van der Waals surface area contributed by atoms with Gasteiger partial charge in [-0.2, -0.15) is 0 Å². The molecule has 2 aromatic heterocycles. The molecule has 3 rings (SSSR count). The van der Waals surface area contributed by atoms with Crippen LogP contribution in [-0.4, -0.2) is 14.5 Å². The highest BCUT2D eigenvalue weighted by molar-refractivity contribution is 9.10. The summed E-state index contributed by atoms with van der Waals surface area (Å²) in [6.07, 6.45) is 1.61. The number of pyridine rings is 1. The minimum absolute atomic E-state index is 0.585. The van der Waals surface area contributed by atoms with E-state index in [9.17, 15) is 0 Å². The Morgan fingerprint density at radius 3 is 2.72 bits per heavy atom. The smallest absolute Gasteiger partial charge is 0.183 e. The second-order valence-corrected chi connectivity index (χ2v) is 5.51. The Morgan fingerprint density at radius 1 is 1.28 bits per heavy atom. The zero-order valence-corrected chi connectivity index (χ0v) is 12.2. The Kier molecular flexibility index (Phi) is 2.97. The van der Waals surface area contributed by atoms with Gasteiger partial charge >= 0.3 is 0 Å². The molecule has 1 aromatic carbocycles. The van der Waals surface area contributed by atoms with Crippen LogP contribution >= 0.6 is 39.7 Å². The summed E-state index contributed by atoms with van der Waals surface area (Å²) in [4.78, 5) is 7.42. The van der Waals surface area contributed by atoms with E-state index in [1.807, 2.05) is 34.9 Å². The third-order valence-electron chi connectivity index (χ3n) is 2.57. The number of imidazole rings is 1. The van der Waals surface area contributed by atoms with Gasteiger partial charge in [-0.3, -0.25) is 4.57 Å². The molecular formula is C12H7BrClN3S. The number of aromatic amines is 1. The monoisotopic (exact) mass is 339 g/mol. The highest BCUT2D eigenvalue weighted by Crippen LogP contribution is 2.21.